The van der Waals surface area contributed by atoms with Crippen molar-refractivity contribution in [2.24, 2.45) is 0 Å². The molecule has 24 heavy (non-hydrogen) atoms. The summed E-state index contributed by atoms with van der Waals surface area (Å²) < 4.78 is 10.7. The van der Waals surface area contributed by atoms with Gasteiger partial charge in [-0.1, -0.05) is 70.4 Å². The summed E-state index contributed by atoms with van der Waals surface area (Å²) in [5.41, 5.74) is 0. The Morgan fingerprint density at radius 1 is 0.875 bits per heavy atom. The van der Waals surface area contributed by atoms with Crippen LogP contribution in [0.1, 0.15) is 77.6 Å². The van der Waals surface area contributed by atoms with Crippen LogP contribution in [0.15, 0.2) is 12.2 Å². The zero-order chi connectivity index (χ0) is 17.9. The minimum atomic E-state index is -0.801. The molecule has 0 heterocycles. The Morgan fingerprint density at radius 2 is 1.50 bits per heavy atom. The average molecular weight is 345 g/mol. The highest BCUT2D eigenvalue weighted by Gasteiger charge is 2.07. The van der Waals surface area contributed by atoms with Gasteiger partial charge in [-0.15, -0.1) is 0 Å². The van der Waals surface area contributed by atoms with Crippen LogP contribution in [0, 0.1) is 0 Å². The topological polar surface area (TPSA) is 58.9 Å². The Morgan fingerprint density at radius 3 is 2.08 bits per heavy atom. The van der Waals surface area contributed by atoms with Crippen LogP contribution in [0.4, 0.5) is 0 Å². The number of rotatable bonds is 18. The summed E-state index contributed by atoms with van der Waals surface area (Å²) >= 11 is 0. The monoisotopic (exact) mass is 344 g/mol. The van der Waals surface area contributed by atoms with Gasteiger partial charge in [0.05, 0.1) is 25.9 Å². The summed E-state index contributed by atoms with van der Waals surface area (Å²) in [6.45, 7) is 2.59. The van der Waals surface area contributed by atoms with Crippen LogP contribution in [0.25, 0.3) is 0 Å². The Hall–Kier alpha value is -0.420. The molecule has 0 rings (SSSR count). The normalized spacial score (nSPS) is 14.3. The summed E-state index contributed by atoms with van der Waals surface area (Å²) in [5, 5.41) is 17.9. The summed E-state index contributed by atoms with van der Waals surface area (Å²) in [7, 11) is 1.67. The zero-order valence-electron chi connectivity index (χ0n) is 15.9. The number of unbranched alkanes of at least 4 members (excludes halogenated alkanes) is 9. The molecule has 0 aromatic heterocycles. The predicted molar refractivity (Wildman–Crippen MR) is 100 cm³/mol. The van der Waals surface area contributed by atoms with Gasteiger partial charge < -0.3 is 19.7 Å². The molecule has 0 fully saturated rings. The predicted octanol–water partition coefficient (Wildman–Crippen LogP) is 4.24. The third-order valence-electron chi connectivity index (χ3n) is 4.20. The van der Waals surface area contributed by atoms with E-state index in [4.69, 9.17) is 14.6 Å². The molecule has 4 heteroatoms. The molecule has 1 unspecified atom stereocenters. The van der Waals surface area contributed by atoms with E-state index >= 15 is 0 Å². The first-order valence-electron chi connectivity index (χ1n) is 9.79. The Labute approximate surface area is 149 Å². The number of ether oxygens (including phenoxy) is 2. The van der Waals surface area contributed by atoms with Gasteiger partial charge in [0.25, 0.3) is 0 Å². The summed E-state index contributed by atoms with van der Waals surface area (Å²) in [5.74, 6) is 0. The van der Waals surface area contributed by atoms with Gasteiger partial charge in [0.2, 0.25) is 0 Å². The molecule has 0 saturated heterocycles. The fraction of sp³-hybridized carbons (Fsp3) is 0.900. The van der Waals surface area contributed by atoms with E-state index in [9.17, 15) is 5.11 Å². The average Bonchev–Trinajstić information content (AvgIpc) is 2.60. The molecule has 2 N–H and O–H groups in total. The fourth-order valence-corrected chi connectivity index (χ4v) is 2.56. The van der Waals surface area contributed by atoms with Crippen molar-refractivity contribution >= 4 is 0 Å². The van der Waals surface area contributed by atoms with E-state index in [-0.39, 0.29) is 19.3 Å². The fourth-order valence-electron chi connectivity index (χ4n) is 2.56. The van der Waals surface area contributed by atoms with E-state index in [1.807, 2.05) is 0 Å². The highest BCUT2D eigenvalue weighted by atomic mass is 16.5. The maximum absolute atomic E-state index is 9.20. The van der Waals surface area contributed by atoms with Gasteiger partial charge in [0.15, 0.2) is 0 Å². The maximum Gasteiger partial charge on any atom is 0.100 e. The van der Waals surface area contributed by atoms with Crippen LogP contribution >= 0.6 is 0 Å². The van der Waals surface area contributed by atoms with Crippen molar-refractivity contribution in [3.8, 4) is 0 Å². The summed E-state index contributed by atoms with van der Waals surface area (Å²) in [6.07, 6.45) is 17.8. The first kappa shape index (κ1) is 23.6. The van der Waals surface area contributed by atoms with Crippen LogP contribution in [-0.2, 0) is 9.47 Å². The standard InChI is InChI=1S/C20H40O4/c1-3-4-5-6-7-8-9-10-11-12-13-14-15-20(23-2)18-24-17-19(22)16-21/h13-14,19-22H,3-12,15-18H2,1-2H3/b14-13-/t19-,20?/m0/s1. The van der Waals surface area contributed by atoms with E-state index < -0.39 is 6.10 Å². The molecule has 0 aliphatic carbocycles. The van der Waals surface area contributed by atoms with Crippen LogP contribution in [0.5, 0.6) is 0 Å². The molecule has 0 aliphatic rings. The van der Waals surface area contributed by atoms with E-state index in [0.717, 1.165) is 12.8 Å². The molecule has 0 spiro atoms. The van der Waals surface area contributed by atoms with Crippen molar-refractivity contribution in [1.29, 1.82) is 0 Å². The minimum Gasteiger partial charge on any atom is -0.394 e. The molecular formula is C20H40O4. The van der Waals surface area contributed by atoms with Gasteiger partial charge in [0, 0.05) is 7.11 Å². The molecule has 0 saturated carbocycles. The van der Waals surface area contributed by atoms with Gasteiger partial charge in [-0.3, -0.25) is 0 Å². The van der Waals surface area contributed by atoms with Crippen molar-refractivity contribution in [2.45, 2.75) is 89.8 Å². The lowest BCUT2D eigenvalue weighted by molar-refractivity contribution is -0.0345. The number of hydrogen-bond donors (Lipinski definition) is 2. The molecule has 144 valence electrons. The second-order valence-corrected chi connectivity index (χ2v) is 6.56. The lowest BCUT2D eigenvalue weighted by Gasteiger charge is -2.15. The molecular weight excluding hydrogens is 304 g/mol. The SMILES string of the molecule is CCCCCCCCCCC/C=C\CC(COC[C@@H](O)CO)OC. The van der Waals surface area contributed by atoms with Crippen LogP contribution in [-0.4, -0.2) is 49.4 Å². The first-order chi connectivity index (χ1) is 11.7. The first-order valence-corrected chi connectivity index (χ1v) is 9.79. The zero-order valence-corrected chi connectivity index (χ0v) is 15.9. The van der Waals surface area contributed by atoms with E-state index in [2.05, 4.69) is 19.1 Å². The quantitative estimate of drug-likeness (QED) is 0.288. The highest BCUT2D eigenvalue weighted by Crippen LogP contribution is 2.11. The number of allylic oxidation sites excluding steroid dienone is 1. The Balaban J connectivity index is 3.42. The van der Waals surface area contributed by atoms with Gasteiger partial charge in [0.1, 0.15) is 6.10 Å². The second-order valence-electron chi connectivity index (χ2n) is 6.56. The number of hydrogen-bond acceptors (Lipinski definition) is 4. The van der Waals surface area contributed by atoms with Crippen molar-refractivity contribution in [2.75, 3.05) is 26.9 Å². The van der Waals surface area contributed by atoms with Crippen LogP contribution in [0.2, 0.25) is 0 Å². The second kappa shape index (κ2) is 18.9. The van der Waals surface area contributed by atoms with Gasteiger partial charge >= 0.3 is 0 Å². The molecule has 0 amide bonds. The number of methoxy groups -OCH3 is 1. The molecule has 2 atom stereocenters. The van der Waals surface area contributed by atoms with Crippen molar-refractivity contribution in [1.82, 2.24) is 0 Å². The lowest BCUT2D eigenvalue weighted by Crippen LogP contribution is -2.24. The molecule has 0 aromatic rings. The van der Waals surface area contributed by atoms with Gasteiger partial charge in [-0.05, 0) is 19.3 Å². The van der Waals surface area contributed by atoms with Crippen molar-refractivity contribution in [3.05, 3.63) is 12.2 Å². The molecule has 0 radical (unpaired) electrons. The van der Waals surface area contributed by atoms with Gasteiger partial charge in [-0.25, -0.2) is 0 Å². The largest absolute Gasteiger partial charge is 0.394 e. The summed E-state index contributed by atoms with van der Waals surface area (Å²) in [4.78, 5) is 0. The van der Waals surface area contributed by atoms with Crippen molar-refractivity contribution in [3.63, 3.8) is 0 Å². The van der Waals surface area contributed by atoms with Gasteiger partial charge in [-0.2, -0.15) is 0 Å². The summed E-state index contributed by atoms with van der Waals surface area (Å²) in [6, 6.07) is 0. The smallest absolute Gasteiger partial charge is 0.100 e. The minimum absolute atomic E-state index is 0.00950. The molecule has 0 aromatic carbocycles. The maximum atomic E-state index is 9.20. The molecule has 0 aliphatic heterocycles. The number of aliphatic hydroxyl groups is 2. The number of aliphatic hydroxyl groups excluding tert-OH is 2. The highest BCUT2D eigenvalue weighted by molar-refractivity contribution is 4.84. The van der Waals surface area contributed by atoms with Crippen molar-refractivity contribution < 1.29 is 19.7 Å². The third-order valence-corrected chi connectivity index (χ3v) is 4.20. The van der Waals surface area contributed by atoms with Crippen LogP contribution in [0.3, 0.4) is 0 Å². The molecule has 0 bridgehead atoms. The van der Waals surface area contributed by atoms with E-state index in [1.54, 1.807) is 7.11 Å². The third kappa shape index (κ3) is 16.4. The van der Waals surface area contributed by atoms with E-state index in [1.165, 1.54) is 57.8 Å². The lowest BCUT2D eigenvalue weighted by atomic mass is 10.1. The molecule has 4 nitrogen and oxygen atoms in total. The van der Waals surface area contributed by atoms with E-state index in [0.29, 0.717) is 6.61 Å². The Bertz CT molecular complexity index is 268. The van der Waals surface area contributed by atoms with Crippen LogP contribution < -0.4 is 0 Å². The Kier molecular flexibility index (Phi) is 18.6.